The molecule has 0 saturated heterocycles. The molecule has 1 atom stereocenters. The lowest BCUT2D eigenvalue weighted by atomic mass is 10.2. The standard InChI is InChI=1S/C13H19N3O3S/c1-8(6-9-2-3-9)15-13(19)14-5-4-11-16-10(7-20-11)12(17)18/h7-9H,2-6H2,1H3,(H,17,18)(H2,14,15,19). The van der Waals surface area contributed by atoms with Gasteiger partial charge in [-0.25, -0.2) is 14.6 Å². The summed E-state index contributed by atoms with van der Waals surface area (Å²) in [6.07, 6.45) is 4.15. The van der Waals surface area contributed by atoms with E-state index in [4.69, 9.17) is 5.11 Å². The molecule has 110 valence electrons. The number of thiazole rings is 1. The Morgan fingerprint density at radius 1 is 1.55 bits per heavy atom. The van der Waals surface area contributed by atoms with E-state index in [0.29, 0.717) is 18.0 Å². The number of hydrogen-bond donors (Lipinski definition) is 3. The minimum atomic E-state index is -1.02. The van der Waals surface area contributed by atoms with Crippen LogP contribution >= 0.6 is 11.3 Å². The quantitative estimate of drug-likeness (QED) is 0.716. The van der Waals surface area contributed by atoms with Crippen molar-refractivity contribution in [1.82, 2.24) is 15.6 Å². The van der Waals surface area contributed by atoms with Crippen LogP contribution in [0, 0.1) is 5.92 Å². The Morgan fingerprint density at radius 3 is 2.90 bits per heavy atom. The molecular formula is C13H19N3O3S. The number of amides is 2. The van der Waals surface area contributed by atoms with Crippen LogP contribution in [0.25, 0.3) is 0 Å². The van der Waals surface area contributed by atoms with Crippen LogP contribution in [0.15, 0.2) is 5.38 Å². The molecule has 0 radical (unpaired) electrons. The molecule has 1 aliphatic rings. The lowest BCUT2D eigenvalue weighted by Gasteiger charge is -2.13. The largest absolute Gasteiger partial charge is 0.476 e. The third-order valence-electron chi connectivity index (χ3n) is 3.16. The smallest absolute Gasteiger partial charge is 0.355 e. The molecule has 1 aromatic heterocycles. The normalized spacial score (nSPS) is 15.7. The van der Waals surface area contributed by atoms with E-state index in [1.165, 1.54) is 29.6 Å². The Hall–Kier alpha value is -1.63. The SMILES string of the molecule is CC(CC1CC1)NC(=O)NCCc1nc(C(=O)O)cs1. The summed E-state index contributed by atoms with van der Waals surface area (Å²) in [6, 6.07) is 0.0224. The zero-order valence-corrected chi connectivity index (χ0v) is 12.2. The third-order valence-corrected chi connectivity index (χ3v) is 4.07. The highest BCUT2D eigenvalue weighted by Gasteiger charge is 2.24. The summed E-state index contributed by atoms with van der Waals surface area (Å²) >= 11 is 1.30. The molecule has 1 unspecified atom stereocenters. The Kier molecular flexibility index (Phi) is 4.94. The van der Waals surface area contributed by atoms with E-state index in [0.717, 1.165) is 12.3 Å². The predicted octanol–water partition coefficient (Wildman–Crippen LogP) is 1.87. The van der Waals surface area contributed by atoms with Crippen LogP contribution in [0.5, 0.6) is 0 Å². The average molecular weight is 297 g/mol. The van der Waals surface area contributed by atoms with Gasteiger partial charge in [0.25, 0.3) is 0 Å². The summed E-state index contributed by atoms with van der Waals surface area (Å²) in [7, 11) is 0. The molecule has 1 fully saturated rings. The zero-order valence-electron chi connectivity index (χ0n) is 11.4. The number of hydrogen-bond acceptors (Lipinski definition) is 4. The van der Waals surface area contributed by atoms with E-state index >= 15 is 0 Å². The molecular weight excluding hydrogens is 278 g/mol. The summed E-state index contributed by atoms with van der Waals surface area (Å²) in [5.74, 6) is -0.234. The van der Waals surface area contributed by atoms with Crippen molar-refractivity contribution in [3.05, 3.63) is 16.1 Å². The van der Waals surface area contributed by atoms with Gasteiger partial charge in [0.15, 0.2) is 5.69 Å². The number of aromatic carboxylic acids is 1. The first-order valence-corrected chi connectivity index (χ1v) is 7.64. The molecule has 7 heteroatoms. The van der Waals surface area contributed by atoms with Crippen molar-refractivity contribution in [3.63, 3.8) is 0 Å². The molecule has 0 aromatic carbocycles. The van der Waals surface area contributed by atoms with Gasteiger partial charge in [0.05, 0.1) is 5.01 Å². The Balaban J connectivity index is 1.63. The van der Waals surface area contributed by atoms with E-state index in [1.807, 2.05) is 6.92 Å². The topological polar surface area (TPSA) is 91.3 Å². The maximum absolute atomic E-state index is 11.6. The monoisotopic (exact) mass is 297 g/mol. The Bertz CT molecular complexity index is 485. The van der Waals surface area contributed by atoms with Gasteiger partial charge in [0.2, 0.25) is 0 Å². The molecule has 1 aromatic rings. The minimum absolute atomic E-state index is 0.0625. The van der Waals surface area contributed by atoms with Crippen molar-refractivity contribution in [3.8, 4) is 0 Å². The number of rotatable bonds is 7. The molecule has 6 nitrogen and oxygen atoms in total. The molecule has 0 spiro atoms. The molecule has 0 bridgehead atoms. The van der Waals surface area contributed by atoms with E-state index in [9.17, 15) is 9.59 Å². The zero-order chi connectivity index (χ0) is 14.5. The van der Waals surface area contributed by atoms with Gasteiger partial charge in [-0.1, -0.05) is 12.8 Å². The molecule has 2 rings (SSSR count). The number of carbonyl (C=O) groups excluding carboxylic acids is 1. The fourth-order valence-corrected chi connectivity index (χ4v) is 2.77. The van der Waals surface area contributed by atoms with Crippen molar-refractivity contribution in [2.75, 3.05) is 6.54 Å². The number of aromatic nitrogens is 1. The first kappa shape index (κ1) is 14.8. The lowest BCUT2D eigenvalue weighted by Crippen LogP contribution is -2.41. The highest BCUT2D eigenvalue weighted by Crippen LogP contribution is 2.33. The first-order valence-electron chi connectivity index (χ1n) is 6.76. The Labute approximate surface area is 121 Å². The van der Waals surface area contributed by atoms with Gasteiger partial charge in [-0.05, 0) is 19.3 Å². The molecule has 0 aliphatic heterocycles. The van der Waals surface area contributed by atoms with Crippen LogP contribution in [-0.2, 0) is 6.42 Å². The van der Waals surface area contributed by atoms with E-state index in [-0.39, 0.29) is 17.8 Å². The van der Waals surface area contributed by atoms with E-state index < -0.39 is 5.97 Å². The number of nitrogens with zero attached hydrogens (tertiary/aromatic N) is 1. The number of carboxylic acid groups (broad SMARTS) is 1. The second kappa shape index (κ2) is 6.69. The predicted molar refractivity (Wildman–Crippen MR) is 76.1 cm³/mol. The van der Waals surface area contributed by atoms with Crippen LogP contribution < -0.4 is 10.6 Å². The second-order valence-corrected chi connectivity index (χ2v) is 6.10. The fraction of sp³-hybridized carbons (Fsp3) is 0.615. The van der Waals surface area contributed by atoms with Crippen molar-refractivity contribution in [2.45, 2.75) is 38.6 Å². The Morgan fingerprint density at radius 2 is 2.30 bits per heavy atom. The fourth-order valence-electron chi connectivity index (χ4n) is 1.99. The summed E-state index contributed by atoms with van der Waals surface area (Å²) in [5.41, 5.74) is 0.0625. The van der Waals surface area contributed by atoms with Crippen LogP contribution in [0.3, 0.4) is 0 Å². The van der Waals surface area contributed by atoms with Crippen LogP contribution in [0.2, 0.25) is 0 Å². The minimum Gasteiger partial charge on any atom is -0.476 e. The van der Waals surface area contributed by atoms with Crippen LogP contribution in [-0.4, -0.2) is 34.7 Å². The number of urea groups is 1. The molecule has 1 aliphatic carbocycles. The van der Waals surface area contributed by atoms with Crippen LogP contribution in [0.4, 0.5) is 4.79 Å². The van der Waals surface area contributed by atoms with Gasteiger partial charge in [-0.3, -0.25) is 0 Å². The van der Waals surface area contributed by atoms with Gasteiger partial charge in [0, 0.05) is 24.4 Å². The molecule has 1 heterocycles. The molecule has 2 amide bonds. The molecule has 3 N–H and O–H groups in total. The highest BCUT2D eigenvalue weighted by atomic mass is 32.1. The maximum atomic E-state index is 11.6. The number of nitrogens with one attached hydrogen (secondary N) is 2. The summed E-state index contributed by atoms with van der Waals surface area (Å²) in [4.78, 5) is 26.3. The average Bonchev–Trinajstić information content (AvgIpc) is 3.04. The number of carboxylic acids is 1. The van der Waals surface area contributed by atoms with Crippen molar-refractivity contribution in [1.29, 1.82) is 0 Å². The van der Waals surface area contributed by atoms with Crippen molar-refractivity contribution in [2.24, 2.45) is 5.92 Å². The third kappa shape index (κ3) is 4.80. The van der Waals surface area contributed by atoms with Gasteiger partial charge < -0.3 is 15.7 Å². The van der Waals surface area contributed by atoms with Gasteiger partial charge >= 0.3 is 12.0 Å². The summed E-state index contributed by atoms with van der Waals surface area (Å²) in [5, 5.41) is 16.6. The van der Waals surface area contributed by atoms with Gasteiger partial charge in [-0.15, -0.1) is 11.3 Å². The van der Waals surface area contributed by atoms with Crippen molar-refractivity contribution < 1.29 is 14.7 Å². The van der Waals surface area contributed by atoms with Gasteiger partial charge in [-0.2, -0.15) is 0 Å². The van der Waals surface area contributed by atoms with Crippen LogP contribution in [0.1, 0.15) is 41.7 Å². The van der Waals surface area contributed by atoms with E-state index in [2.05, 4.69) is 15.6 Å². The number of carbonyl (C=O) groups is 2. The highest BCUT2D eigenvalue weighted by molar-refractivity contribution is 7.09. The second-order valence-electron chi connectivity index (χ2n) is 5.16. The van der Waals surface area contributed by atoms with Crippen molar-refractivity contribution >= 4 is 23.3 Å². The molecule has 1 saturated carbocycles. The summed E-state index contributed by atoms with van der Waals surface area (Å²) in [6.45, 7) is 2.46. The first-order chi connectivity index (χ1) is 9.54. The van der Waals surface area contributed by atoms with Gasteiger partial charge in [0.1, 0.15) is 0 Å². The maximum Gasteiger partial charge on any atom is 0.355 e. The van der Waals surface area contributed by atoms with E-state index in [1.54, 1.807) is 0 Å². The summed E-state index contributed by atoms with van der Waals surface area (Å²) < 4.78 is 0. The molecule has 20 heavy (non-hydrogen) atoms. The lowest BCUT2D eigenvalue weighted by molar-refractivity contribution is 0.0691.